The van der Waals surface area contributed by atoms with E-state index in [9.17, 15) is 8.42 Å². The van der Waals surface area contributed by atoms with E-state index in [2.05, 4.69) is 20.3 Å². The first-order valence-corrected chi connectivity index (χ1v) is 9.14. The first kappa shape index (κ1) is 18.4. The molecule has 7 heteroatoms. The Balaban J connectivity index is 2.46. The normalized spacial score (nSPS) is 12.5. The van der Waals surface area contributed by atoms with Gasteiger partial charge in [-0.15, -0.1) is 0 Å². The summed E-state index contributed by atoms with van der Waals surface area (Å²) in [5.74, 6) is 0.602. The highest BCUT2D eigenvalue weighted by Crippen LogP contribution is 1.98. The summed E-state index contributed by atoms with van der Waals surface area (Å²) in [6.07, 6.45) is 0. The maximum atomic E-state index is 11.9. The van der Waals surface area contributed by atoms with Crippen LogP contribution in [0.5, 0.6) is 0 Å². The van der Waals surface area contributed by atoms with Crippen LogP contribution in [0, 0.1) is 0 Å². The molecule has 22 heavy (non-hydrogen) atoms. The number of benzene rings is 1. The highest BCUT2D eigenvalue weighted by molar-refractivity contribution is 7.89. The van der Waals surface area contributed by atoms with Crippen molar-refractivity contribution >= 4 is 16.0 Å². The molecular weight excluding hydrogens is 300 g/mol. The Morgan fingerprint density at radius 3 is 2.50 bits per heavy atom. The molecular formula is C15H26N4O2S. The van der Waals surface area contributed by atoms with Gasteiger partial charge in [-0.1, -0.05) is 30.3 Å². The van der Waals surface area contributed by atoms with Crippen LogP contribution < -0.4 is 15.4 Å². The van der Waals surface area contributed by atoms with Gasteiger partial charge in [-0.05, 0) is 26.3 Å². The minimum Gasteiger partial charge on any atom is -0.357 e. The zero-order valence-corrected chi connectivity index (χ0v) is 14.3. The Kier molecular flexibility index (Phi) is 7.90. The number of rotatable bonds is 8. The van der Waals surface area contributed by atoms with E-state index in [0.717, 1.165) is 12.1 Å². The summed E-state index contributed by atoms with van der Waals surface area (Å²) in [5.41, 5.74) is 0.935. The number of sulfonamides is 1. The summed E-state index contributed by atoms with van der Waals surface area (Å²) in [5, 5.41) is 6.23. The van der Waals surface area contributed by atoms with Gasteiger partial charge in [0.15, 0.2) is 5.96 Å². The van der Waals surface area contributed by atoms with E-state index in [1.54, 1.807) is 0 Å². The Labute approximate surface area is 133 Å². The van der Waals surface area contributed by atoms with Crippen molar-refractivity contribution in [2.24, 2.45) is 4.99 Å². The summed E-state index contributed by atoms with van der Waals surface area (Å²) in [6, 6.07) is 9.68. The smallest absolute Gasteiger partial charge is 0.213 e. The molecule has 0 spiro atoms. The monoisotopic (exact) mass is 326 g/mol. The van der Waals surface area contributed by atoms with Crippen LogP contribution in [0.1, 0.15) is 26.3 Å². The zero-order valence-electron chi connectivity index (χ0n) is 13.5. The number of nitrogens with one attached hydrogen (secondary N) is 3. The minimum absolute atomic E-state index is 0.0332. The lowest BCUT2D eigenvalue weighted by Gasteiger charge is -2.14. The van der Waals surface area contributed by atoms with Crippen molar-refractivity contribution in [2.45, 2.75) is 33.4 Å². The van der Waals surface area contributed by atoms with Gasteiger partial charge in [0.25, 0.3) is 0 Å². The second-order valence-corrected chi connectivity index (χ2v) is 7.11. The molecule has 1 aromatic rings. The first-order valence-electron chi connectivity index (χ1n) is 7.49. The fourth-order valence-electron chi connectivity index (χ4n) is 1.73. The molecule has 0 saturated carbocycles. The van der Waals surface area contributed by atoms with Gasteiger partial charge in [0.1, 0.15) is 0 Å². The van der Waals surface area contributed by atoms with Crippen LogP contribution in [0.15, 0.2) is 35.3 Å². The molecule has 1 rings (SSSR count). The van der Waals surface area contributed by atoms with Crippen LogP contribution in [0.25, 0.3) is 0 Å². The molecule has 0 aromatic heterocycles. The number of guanidine groups is 1. The van der Waals surface area contributed by atoms with Crippen molar-refractivity contribution in [3.05, 3.63) is 35.9 Å². The molecule has 0 bridgehead atoms. The SMILES string of the molecule is CCNC(=NCCS(=O)(=O)NCc1ccccc1)NC(C)C. The van der Waals surface area contributed by atoms with Gasteiger partial charge in [-0.25, -0.2) is 13.1 Å². The third-order valence-electron chi connectivity index (χ3n) is 2.74. The fraction of sp³-hybridized carbons (Fsp3) is 0.533. The second kappa shape index (κ2) is 9.42. The van der Waals surface area contributed by atoms with E-state index in [1.165, 1.54) is 0 Å². The summed E-state index contributed by atoms with van der Waals surface area (Å²) in [7, 11) is -3.33. The van der Waals surface area contributed by atoms with Crippen molar-refractivity contribution in [1.82, 2.24) is 15.4 Å². The Morgan fingerprint density at radius 1 is 1.23 bits per heavy atom. The number of nitrogens with zero attached hydrogens (tertiary/aromatic N) is 1. The summed E-state index contributed by atoms with van der Waals surface area (Å²) >= 11 is 0. The lowest BCUT2D eigenvalue weighted by Crippen LogP contribution is -2.41. The average Bonchev–Trinajstić information content (AvgIpc) is 2.46. The van der Waals surface area contributed by atoms with Crippen LogP contribution in [0.3, 0.4) is 0 Å². The lowest BCUT2D eigenvalue weighted by atomic mass is 10.2. The van der Waals surface area contributed by atoms with E-state index in [-0.39, 0.29) is 18.3 Å². The van der Waals surface area contributed by atoms with Gasteiger partial charge < -0.3 is 10.6 Å². The predicted molar refractivity (Wildman–Crippen MR) is 91.3 cm³/mol. The largest absolute Gasteiger partial charge is 0.357 e. The summed E-state index contributed by atoms with van der Waals surface area (Å²) in [6.45, 7) is 7.23. The van der Waals surface area contributed by atoms with Crippen LogP contribution in [0.4, 0.5) is 0 Å². The van der Waals surface area contributed by atoms with Crippen LogP contribution in [-0.2, 0) is 16.6 Å². The van der Waals surface area contributed by atoms with Crippen LogP contribution in [0.2, 0.25) is 0 Å². The van der Waals surface area contributed by atoms with E-state index in [4.69, 9.17) is 0 Å². The van der Waals surface area contributed by atoms with E-state index in [1.807, 2.05) is 51.1 Å². The van der Waals surface area contributed by atoms with Crippen molar-refractivity contribution in [2.75, 3.05) is 18.8 Å². The Hall–Kier alpha value is -1.60. The predicted octanol–water partition coefficient (Wildman–Crippen LogP) is 1.07. The van der Waals surface area contributed by atoms with E-state index in [0.29, 0.717) is 12.5 Å². The number of aliphatic imine (C=N–C) groups is 1. The molecule has 0 saturated heterocycles. The summed E-state index contributed by atoms with van der Waals surface area (Å²) < 4.78 is 26.5. The molecule has 0 aliphatic heterocycles. The van der Waals surface area contributed by atoms with Crippen molar-refractivity contribution in [3.8, 4) is 0 Å². The third-order valence-corrected chi connectivity index (χ3v) is 4.04. The molecule has 0 aliphatic carbocycles. The van der Waals surface area contributed by atoms with Gasteiger partial charge in [0.05, 0.1) is 12.3 Å². The van der Waals surface area contributed by atoms with Crippen molar-refractivity contribution in [3.63, 3.8) is 0 Å². The molecule has 0 heterocycles. The molecule has 1 aromatic carbocycles. The molecule has 0 fully saturated rings. The lowest BCUT2D eigenvalue weighted by molar-refractivity contribution is 0.581. The van der Waals surface area contributed by atoms with E-state index >= 15 is 0 Å². The number of hydrogen-bond donors (Lipinski definition) is 3. The highest BCUT2D eigenvalue weighted by atomic mass is 32.2. The minimum atomic E-state index is -3.33. The molecule has 3 N–H and O–H groups in total. The van der Waals surface area contributed by atoms with Crippen LogP contribution in [-0.4, -0.2) is 39.3 Å². The summed E-state index contributed by atoms with van der Waals surface area (Å²) in [4.78, 5) is 4.27. The average molecular weight is 326 g/mol. The maximum Gasteiger partial charge on any atom is 0.213 e. The molecule has 6 nitrogen and oxygen atoms in total. The molecule has 124 valence electrons. The molecule has 0 unspecified atom stereocenters. The molecule has 0 amide bonds. The molecule has 0 aliphatic rings. The second-order valence-electron chi connectivity index (χ2n) is 5.19. The standard InChI is InChI=1S/C15H26N4O2S/c1-4-16-15(19-13(2)3)17-10-11-22(20,21)18-12-14-8-6-5-7-9-14/h5-9,13,18H,4,10-12H2,1-3H3,(H2,16,17,19). The van der Waals surface area contributed by atoms with Gasteiger partial charge >= 0.3 is 0 Å². The first-order chi connectivity index (χ1) is 10.4. The van der Waals surface area contributed by atoms with Gasteiger partial charge in [0.2, 0.25) is 10.0 Å². The fourth-order valence-corrected chi connectivity index (χ4v) is 2.59. The Bertz CT molecular complexity index is 556. The highest BCUT2D eigenvalue weighted by Gasteiger charge is 2.09. The zero-order chi connectivity index (χ0) is 16.4. The van der Waals surface area contributed by atoms with Crippen LogP contribution >= 0.6 is 0 Å². The van der Waals surface area contributed by atoms with Gasteiger partial charge in [0, 0.05) is 19.1 Å². The molecule has 0 radical (unpaired) electrons. The van der Waals surface area contributed by atoms with Gasteiger partial charge in [-0.3, -0.25) is 4.99 Å². The topological polar surface area (TPSA) is 82.6 Å². The van der Waals surface area contributed by atoms with Gasteiger partial charge in [-0.2, -0.15) is 0 Å². The quantitative estimate of drug-likeness (QED) is 0.493. The van der Waals surface area contributed by atoms with Crippen molar-refractivity contribution in [1.29, 1.82) is 0 Å². The van der Waals surface area contributed by atoms with Crippen molar-refractivity contribution < 1.29 is 8.42 Å². The third kappa shape index (κ3) is 7.99. The molecule has 0 atom stereocenters. The maximum absolute atomic E-state index is 11.9. The number of hydrogen-bond acceptors (Lipinski definition) is 3. The Morgan fingerprint density at radius 2 is 1.91 bits per heavy atom. The van der Waals surface area contributed by atoms with E-state index < -0.39 is 10.0 Å².